The molecule has 0 aliphatic heterocycles. The molecule has 0 spiro atoms. The highest BCUT2D eigenvalue weighted by atomic mass is 35.5. The molecule has 2 aromatic carbocycles. The van der Waals surface area contributed by atoms with E-state index in [1.54, 1.807) is 31.3 Å². The number of carbonyl (C=O) groups is 1. The number of amides is 1. The fourth-order valence-corrected chi connectivity index (χ4v) is 3.65. The molecule has 7 heteroatoms. The normalized spacial score (nSPS) is 10.9. The number of rotatable bonds is 4. The first-order valence-corrected chi connectivity index (χ1v) is 9.69. The lowest BCUT2D eigenvalue weighted by molar-refractivity contribution is -0.115. The van der Waals surface area contributed by atoms with E-state index in [1.807, 2.05) is 36.4 Å². The Morgan fingerprint density at radius 3 is 2.45 bits per heavy atom. The summed E-state index contributed by atoms with van der Waals surface area (Å²) in [5, 5.41) is 4.55. The zero-order valence-electron chi connectivity index (χ0n) is 15.5. The predicted octanol–water partition coefficient (Wildman–Crippen LogP) is 5.49. The number of hydrogen-bond acceptors (Lipinski definition) is 4. The maximum absolute atomic E-state index is 12.7. The molecule has 1 N–H and O–H groups in total. The van der Waals surface area contributed by atoms with Crippen molar-refractivity contribution >= 4 is 46.0 Å². The van der Waals surface area contributed by atoms with Crippen LogP contribution in [0, 0.1) is 6.92 Å². The number of hydrogen-bond donors (Lipinski definition) is 1. The summed E-state index contributed by atoms with van der Waals surface area (Å²) in [5.41, 5.74) is 2.60. The molecule has 0 bridgehead atoms. The molecule has 4 rings (SSSR count). The Balaban J connectivity index is 1.81. The Kier molecular flexibility index (Phi) is 5.43. The third-order valence-corrected chi connectivity index (χ3v) is 5.02. The van der Waals surface area contributed by atoms with Crippen LogP contribution in [0.25, 0.3) is 22.2 Å². The van der Waals surface area contributed by atoms with Gasteiger partial charge >= 0.3 is 0 Å². The molecule has 0 saturated carbocycles. The number of anilines is 1. The van der Waals surface area contributed by atoms with Gasteiger partial charge in [0, 0.05) is 22.7 Å². The van der Waals surface area contributed by atoms with Gasteiger partial charge in [0.15, 0.2) is 5.65 Å². The number of fused-ring (bicyclic) bond motifs is 1. The second kappa shape index (κ2) is 8.15. The highest BCUT2D eigenvalue weighted by Gasteiger charge is 2.18. The number of pyridine rings is 1. The number of carbonyl (C=O) groups excluding carboxylic acids is 1. The summed E-state index contributed by atoms with van der Waals surface area (Å²) in [5.74, 6) is 0.750. The number of halogens is 2. The topological polar surface area (TPSA) is 67.8 Å². The van der Waals surface area contributed by atoms with Crippen molar-refractivity contribution in [2.24, 2.45) is 0 Å². The molecule has 0 radical (unpaired) electrons. The molecule has 4 aromatic rings. The van der Waals surface area contributed by atoms with E-state index in [-0.39, 0.29) is 12.3 Å². The van der Waals surface area contributed by atoms with Crippen LogP contribution >= 0.6 is 23.2 Å². The van der Waals surface area contributed by atoms with Gasteiger partial charge in [-0.25, -0.2) is 15.0 Å². The Labute approximate surface area is 177 Å². The third kappa shape index (κ3) is 4.21. The van der Waals surface area contributed by atoms with Crippen LogP contribution in [0.4, 0.5) is 5.82 Å². The predicted molar refractivity (Wildman–Crippen MR) is 116 cm³/mol. The van der Waals surface area contributed by atoms with Crippen LogP contribution in [0.1, 0.15) is 11.4 Å². The zero-order valence-corrected chi connectivity index (χ0v) is 17.0. The minimum atomic E-state index is -0.196. The molecule has 0 fully saturated rings. The highest BCUT2D eigenvalue weighted by molar-refractivity contribution is 6.39. The van der Waals surface area contributed by atoms with E-state index in [1.165, 1.54) is 0 Å². The van der Waals surface area contributed by atoms with E-state index in [4.69, 9.17) is 23.2 Å². The summed E-state index contributed by atoms with van der Waals surface area (Å²) in [6.45, 7) is 1.79. The molecule has 2 heterocycles. The van der Waals surface area contributed by atoms with Gasteiger partial charge in [-0.3, -0.25) is 4.79 Å². The van der Waals surface area contributed by atoms with Crippen LogP contribution in [0.2, 0.25) is 10.0 Å². The van der Waals surface area contributed by atoms with E-state index < -0.39 is 0 Å². The van der Waals surface area contributed by atoms with Crippen LogP contribution < -0.4 is 5.32 Å². The molecule has 0 atom stereocenters. The summed E-state index contributed by atoms with van der Waals surface area (Å²) in [6.07, 6.45) is 1.91. The van der Waals surface area contributed by atoms with E-state index in [2.05, 4.69) is 20.3 Å². The molecule has 1 amide bonds. The van der Waals surface area contributed by atoms with Gasteiger partial charge in [-0.05, 0) is 30.7 Å². The van der Waals surface area contributed by atoms with Gasteiger partial charge in [0.25, 0.3) is 0 Å². The number of nitrogens with one attached hydrogen (secondary N) is 1. The van der Waals surface area contributed by atoms with Crippen molar-refractivity contribution in [3.05, 3.63) is 82.2 Å². The molecular weight excluding hydrogens is 407 g/mol. The molecule has 0 aliphatic rings. The van der Waals surface area contributed by atoms with Crippen molar-refractivity contribution < 1.29 is 4.79 Å². The lowest BCUT2D eigenvalue weighted by Gasteiger charge is -2.14. The maximum atomic E-state index is 12.7. The Hall–Kier alpha value is -3.02. The SMILES string of the molecule is Cc1ncc2cc(-c3c(Cl)cccc3Cl)c(NC(=O)Cc3ccccc3)nc2n1. The van der Waals surface area contributed by atoms with Crippen molar-refractivity contribution in [3.63, 3.8) is 0 Å². The van der Waals surface area contributed by atoms with E-state index in [0.717, 1.165) is 10.9 Å². The maximum Gasteiger partial charge on any atom is 0.229 e. The van der Waals surface area contributed by atoms with Crippen LogP contribution in [0.3, 0.4) is 0 Å². The van der Waals surface area contributed by atoms with E-state index in [0.29, 0.717) is 38.5 Å². The number of benzene rings is 2. The van der Waals surface area contributed by atoms with E-state index >= 15 is 0 Å². The number of aromatic nitrogens is 3. The average molecular weight is 423 g/mol. The average Bonchev–Trinajstić information content (AvgIpc) is 2.69. The van der Waals surface area contributed by atoms with Crippen LogP contribution in [-0.2, 0) is 11.2 Å². The molecule has 144 valence electrons. The first-order valence-electron chi connectivity index (χ1n) is 8.94. The standard InChI is InChI=1S/C22H16Cl2N4O/c1-13-25-12-15-11-16(20-17(23)8-5-9-18(20)24)22(28-21(15)26-13)27-19(29)10-14-6-3-2-4-7-14/h2-9,11-12H,10H2,1H3,(H,25,26,27,28,29). The van der Waals surface area contributed by atoms with Crippen LogP contribution in [0.15, 0.2) is 60.8 Å². The van der Waals surface area contributed by atoms with Gasteiger partial charge in [0.2, 0.25) is 5.91 Å². The fraction of sp³-hybridized carbons (Fsp3) is 0.0909. The summed E-state index contributed by atoms with van der Waals surface area (Å²) in [6, 6.07) is 16.6. The fourth-order valence-electron chi connectivity index (χ4n) is 3.05. The highest BCUT2D eigenvalue weighted by Crippen LogP contribution is 2.39. The number of nitrogens with zero attached hydrogens (tertiary/aromatic N) is 3. The molecule has 5 nitrogen and oxygen atoms in total. The van der Waals surface area contributed by atoms with Gasteiger partial charge in [-0.2, -0.15) is 0 Å². The Morgan fingerprint density at radius 2 is 1.72 bits per heavy atom. The lowest BCUT2D eigenvalue weighted by atomic mass is 10.0. The van der Waals surface area contributed by atoms with Crippen LogP contribution in [-0.4, -0.2) is 20.9 Å². The molecule has 0 aliphatic carbocycles. The van der Waals surface area contributed by atoms with Crippen LogP contribution in [0.5, 0.6) is 0 Å². The monoisotopic (exact) mass is 422 g/mol. The number of aryl methyl sites for hydroxylation is 1. The van der Waals surface area contributed by atoms with Gasteiger partial charge in [0.05, 0.1) is 16.5 Å². The quantitative estimate of drug-likeness (QED) is 0.472. The molecule has 0 saturated heterocycles. The van der Waals surface area contributed by atoms with Gasteiger partial charge in [0.1, 0.15) is 11.6 Å². The second-order valence-corrected chi connectivity index (χ2v) is 7.34. The van der Waals surface area contributed by atoms with Crippen molar-refractivity contribution in [1.82, 2.24) is 15.0 Å². The van der Waals surface area contributed by atoms with Gasteiger partial charge < -0.3 is 5.32 Å². The van der Waals surface area contributed by atoms with Crippen molar-refractivity contribution in [3.8, 4) is 11.1 Å². The first-order chi connectivity index (χ1) is 14.0. The van der Waals surface area contributed by atoms with Gasteiger partial charge in [-0.1, -0.05) is 59.6 Å². The smallest absolute Gasteiger partial charge is 0.229 e. The Morgan fingerprint density at radius 1 is 1.00 bits per heavy atom. The third-order valence-electron chi connectivity index (χ3n) is 4.39. The Bertz CT molecular complexity index is 1190. The summed E-state index contributed by atoms with van der Waals surface area (Å²) in [7, 11) is 0. The molecule has 29 heavy (non-hydrogen) atoms. The summed E-state index contributed by atoms with van der Waals surface area (Å²) >= 11 is 12.8. The van der Waals surface area contributed by atoms with Gasteiger partial charge in [-0.15, -0.1) is 0 Å². The zero-order chi connectivity index (χ0) is 20.4. The van der Waals surface area contributed by atoms with Crippen molar-refractivity contribution in [2.45, 2.75) is 13.3 Å². The van der Waals surface area contributed by atoms with Crippen molar-refractivity contribution in [1.29, 1.82) is 0 Å². The second-order valence-electron chi connectivity index (χ2n) is 6.52. The van der Waals surface area contributed by atoms with E-state index in [9.17, 15) is 4.79 Å². The minimum absolute atomic E-state index is 0.196. The summed E-state index contributed by atoms with van der Waals surface area (Å²) in [4.78, 5) is 25.9. The largest absolute Gasteiger partial charge is 0.310 e. The lowest BCUT2D eigenvalue weighted by Crippen LogP contribution is -2.16. The first kappa shape index (κ1) is 19.3. The molecule has 0 unspecified atom stereocenters. The molecule has 2 aromatic heterocycles. The summed E-state index contributed by atoms with van der Waals surface area (Å²) < 4.78 is 0. The molecular formula is C22H16Cl2N4O. The minimum Gasteiger partial charge on any atom is -0.310 e. The van der Waals surface area contributed by atoms with Crippen molar-refractivity contribution in [2.75, 3.05) is 5.32 Å².